The zero-order chi connectivity index (χ0) is 15.8. The average Bonchev–Trinajstić information content (AvgIpc) is 2.62. The van der Waals surface area contributed by atoms with Crippen LogP contribution in [-0.4, -0.2) is 28.5 Å². The SMILES string of the molecule is Cn1c(=O)n(C)c2cc(C(N)COCC(F)(F)F)ccc21. The minimum atomic E-state index is -4.37. The summed E-state index contributed by atoms with van der Waals surface area (Å²) >= 11 is 0. The molecule has 0 saturated heterocycles. The van der Waals surface area contributed by atoms with Crippen molar-refractivity contribution in [3.05, 3.63) is 34.2 Å². The number of aryl methyl sites for hydroxylation is 2. The van der Waals surface area contributed by atoms with Gasteiger partial charge in [-0.25, -0.2) is 4.79 Å². The molecule has 8 heteroatoms. The van der Waals surface area contributed by atoms with Crippen molar-refractivity contribution in [2.75, 3.05) is 13.2 Å². The zero-order valence-corrected chi connectivity index (χ0v) is 11.6. The molecule has 0 saturated carbocycles. The smallest absolute Gasteiger partial charge is 0.370 e. The second kappa shape index (κ2) is 5.53. The van der Waals surface area contributed by atoms with E-state index in [1.54, 1.807) is 32.3 Å². The Balaban J connectivity index is 2.19. The molecule has 0 fully saturated rings. The highest BCUT2D eigenvalue weighted by molar-refractivity contribution is 5.77. The number of nitrogens with zero attached hydrogens (tertiary/aromatic N) is 2. The zero-order valence-electron chi connectivity index (χ0n) is 11.6. The molecule has 21 heavy (non-hydrogen) atoms. The summed E-state index contributed by atoms with van der Waals surface area (Å²) in [5.74, 6) is 0. The predicted octanol–water partition coefficient (Wildman–Crippen LogP) is 1.46. The van der Waals surface area contributed by atoms with Crippen molar-refractivity contribution in [2.45, 2.75) is 12.2 Å². The van der Waals surface area contributed by atoms with Crippen molar-refractivity contribution in [3.8, 4) is 0 Å². The van der Waals surface area contributed by atoms with Crippen LogP contribution in [0.15, 0.2) is 23.0 Å². The van der Waals surface area contributed by atoms with Crippen molar-refractivity contribution in [2.24, 2.45) is 19.8 Å². The topological polar surface area (TPSA) is 62.2 Å². The van der Waals surface area contributed by atoms with E-state index in [0.717, 1.165) is 5.52 Å². The normalized spacial score (nSPS) is 13.8. The lowest BCUT2D eigenvalue weighted by Crippen LogP contribution is -2.23. The van der Waals surface area contributed by atoms with Crippen LogP contribution < -0.4 is 11.4 Å². The van der Waals surface area contributed by atoms with Crippen LogP contribution in [0.1, 0.15) is 11.6 Å². The van der Waals surface area contributed by atoms with E-state index in [0.29, 0.717) is 11.1 Å². The highest BCUT2D eigenvalue weighted by Gasteiger charge is 2.27. The number of ether oxygens (including phenoxy) is 1. The maximum atomic E-state index is 12.0. The largest absolute Gasteiger partial charge is 0.411 e. The van der Waals surface area contributed by atoms with Crippen molar-refractivity contribution in [1.82, 2.24) is 9.13 Å². The van der Waals surface area contributed by atoms with Gasteiger partial charge >= 0.3 is 11.9 Å². The van der Waals surface area contributed by atoms with Gasteiger partial charge in [0.05, 0.1) is 23.7 Å². The third kappa shape index (κ3) is 3.27. The molecule has 0 spiro atoms. The first kappa shape index (κ1) is 15.6. The summed E-state index contributed by atoms with van der Waals surface area (Å²) < 4.78 is 43.5. The second-order valence-corrected chi connectivity index (χ2v) is 4.89. The van der Waals surface area contributed by atoms with Crippen molar-refractivity contribution < 1.29 is 17.9 Å². The number of benzene rings is 1. The fraction of sp³-hybridized carbons (Fsp3) is 0.462. The Morgan fingerprint density at radius 3 is 2.48 bits per heavy atom. The quantitative estimate of drug-likeness (QED) is 0.930. The van der Waals surface area contributed by atoms with Gasteiger partial charge in [0, 0.05) is 14.1 Å². The van der Waals surface area contributed by atoms with Gasteiger partial charge in [0.15, 0.2) is 0 Å². The molecule has 5 nitrogen and oxygen atoms in total. The van der Waals surface area contributed by atoms with E-state index in [4.69, 9.17) is 5.73 Å². The Morgan fingerprint density at radius 2 is 1.86 bits per heavy atom. The van der Waals surface area contributed by atoms with Gasteiger partial charge in [-0.05, 0) is 17.7 Å². The fourth-order valence-corrected chi connectivity index (χ4v) is 2.15. The maximum absolute atomic E-state index is 12.0. The molecule has 0 bridgehead atoms. The molecule has 2 aromatic rings. The van der Waals surface area contributed by atoms with Gasteiger partial charge in [-0.1, -0.05) is 6.07 Å². The van der Waals surface area contributed by atoms with Gasteiger partial charge in [-0.3, -0.25) is 9.13 Å². The molecule has 1 aromatic heterocycles. The molecule has 2 rings (SSSR count). The molecule has 0 radical (unpaired) electrons. The van der Waals surface area contributed by atoms with Gasteiger partial charge in [-0.2, -0.15) is 13.2 Å². The molecule has 1 atom stereocenters. The first-order valence-corrected chi connectivity index (χ1v) is 6.26. The molecule has 0 aliphatic heterocycles. The van der Waals surface area contributed by atoms with Crippen LogP contribution in [0.5, 0.6) is 0 Å². The molecular formula is C13H16F3N3O2. The third-order valence-electron chi connectivity index (χ3n) is 3.29. The number of fused-ring (bicyclic) bond motifs is 1. The standard InChI is InChI=1S/C13H16F3N3O2/c1-18-10-4-3-8(5-11(10)19(2)12(18)20)9(17)6-21-7-13(14,15)16/h3-5,9H,6-7,17H2,1-2H3. The van der Waals surface area contributed by atoms with Crippen LogP contribution in [0.25, 0.3) is 11.0 Å². The summed E-state index contributed by atoms with van der Waals surface area (Å²) in [6.07, 6.45) is -4.37. The molecule has 0 aliphatic carbocycles. The Labute approximate surface area is 118 Å². The van der Waals surface area contributed by atoms with Gasteiger partial charge in [-0.15, -0.1) is 0 Å². The average molecular weight is 303 g/mol. The Kier molecular flexibility index (Phi) is 4.11. The molecular weight excluding hydrogens is 287 g/mol. The molecule has 0 aliphatic rings. The Bertz CT molecular complexity index is 703. The van der Waals surface area contributed by atoms with Crippen LogP contribution in [-0.2, 0) is 18.8 Å². The van der Waals surface area contributed by atoms with E-state index in [1.165, 1.54) is 9.13 Å². The Morgan fingerprint density at radius 1 is 1.24 bits per heavy atom. The maximum Gasteiger partial charge on any atom is 0.411 e. The number of rotatable bonds is 4. The summed E-state index contributed by atoms with van der Waals surface area (Å²) in [5.41, 5.74) is 7.67. The Hall–Kier alpha value is -1.80. The number of alkyl halides is 3. The number of hydrogen-bond donors (Lipinski definition) is 1. The van der Waals surface area contributed by atoms with Crippen molar-refractivity contribution >= 4 is 11.0 Å². The summed E-state index contributed by atoms with van der Waals surface area (Å²) in [6.45, 7) is -1.57. The van der Waals surface area contributed by atoms with Gasteiger partial charge < -0.3 is 10.5 Å². The van der Waals surface area contributed by atoms with Crippen molar-refractivity contribution in [3.63, 3.8) is 0 Å². The van der Waals surface area contributed by atoms with E-state index in [9.17, 15) is 18.0 Å². The van der Waals surface area contributed by atoms with Gasteiger partial charge in [0.2, 0.25) is 0 Å². The first-order chi connectivity index (χ1) is 9.70. The van der Waals surface area contributed by atoms with E-state index < -0.39 is 18.8 Å². The monoisotopic (exact) mass is 303 g/mol. The second-order valence-electron chi connectivity index (χ2n) is 4.89. The summed E-state index contributed by atoms with van der Waals surface area (Å²) in [7, 11) is 3.27. The van der Waals surface area contributed by atoms with E-state index in [1.807, 2.05) is 0 Å². The summed E-state index contributed by atoms with van der Waals surface area (Å²) in [4.78, 5) is 11.8. The highest BCUT2D eigenvalue weighted by atomic mass is 19.4. The van der Waals surface area contributed by atoms with Crippen LogP contribution in [0.4, 0.5) is 13.2 Å². The predicted molar refractivity (Wildman–Crippen MR) is 72.0 cm³/mol. The minimum absolute atomic E-state index is 0.177. The van der Waals surface area contributed by atoms with Crippen LogP contribution in [0.2, 0.25) is 0 Å². The van der Waals surface area contributed by atoms with Crippen LogP contribution >= 0.6 is 0 Å². The highest BCUT2D eigenvalue weighted by Crippen LogP contribution is 2.20. The lowest BCUT2D eigenvalue weighted by Gasteiger charge is -2.14. The van der Waals surface area contributed by atoms with E-state index in [2.05, 4.69) is 4.74 Å². The van der Waals surface area contributed by atoms with E-state index >= 15 is 0 Å². The number of imidazole rings is 1. The summed E-state index contributed by atoms with van der Waals surface area (Å²) in [6, 6.07) is 4.41. The molecule has 1 heterocycles. The first-order valence-electron chi connectivity index (χ1n) is 6.26. The lowest BCUT2D eigenvalue weighted by atomic mass is 10.1. The number of nitrogens with two attached hydrogens (primary N) is 1. The third-order valence-corrected chi connectivity index (χ3v) is 3.29. The lowest BCUT2D eigenvalue weighted by molar-refractivity contribution is -0.174. The van der Waals surface area contributed by atoms with E-state index in [-0.39, 0.29) is 12.3 Å². The molecule has 2 N–H and O–H groups in total. The number of hydrogen-bond acceptors (Lipinski definition) is 3. The van der Waals surface area contributed by atoms with Crippen LogP contribution in [0.3, 0.4) is 0 Å². The van der Waals surface area contributed by atoms with Gasteiger partial charge in [0.25, 0.3) is 0 Å². The fourth-order valence-electron chi connectivity index (χ4n) is 2.15. The number of aromatic nitrogens is 2. The van der Waals surface area contributed by atoms with Gasteiger partial charge in [0.1, 0.15) is 6.61 Å². The number of halogens is 3. The van der Waals surface area contributed by atoms with Crippen LogP contribution in [0, 0.1) is 0 Å². The summed E-state index contributed by atoms with van der Waals surface area (Å²) in [5, 5.41) is 0. The molecule has 116 valence electrons. The molecule has 0 amide bonds. The molecule has 1 aromatic carbocycles. The minimum Gasteiger partial charge on any atom is -0.370 e. The molecule has 1 unspecified atom stereocenters. The van der Waals surface area contributed by atoms with Crippen molar-refractivity contribution in [1.29, 1.82) is 0 Å².